The van der Waals surface area contributed by atoms with E-state index in [9.17, 15) is 0 Å². The zero-order chi connectivity index (χ0) is 15.6. The Morgan fingerprint density at radius 1 is 0.727 bits per heavy atom. The topological polar surface area (TPSA) is 0 Å². The van der Waals surface area contributed by atoms with Crippen LogP contribution in [0.2, 0.25) is 0 Å². The van der Waals surface area contributed by atoms with E-state index < -0.39 is 0 Å². The molecule has 112 valence electrons. The third-order valence-electron chi connectivity index (χ3n) is 2.97. The molecule has 2 rings (SSSR count). The highest BCUT2D eigenvalue weighted by molar-refractivity contribution is 8.22. The van der Waals surface area contributed by atoms with Gasteiger partial charge in [0.2, 0.25) is 0 Å². The van der Waals surface area contributed by atoms with Crippen molar-refractivity contribution in [1.82, 2.24) is 0 Å². The molecular formula is C20H20S2. The first-order chi connectivity index (χ1) is 10.8. The molecule has 2 heteroatoms. The average Bonchev–Trinajstić information content (AvgIpc) is 2.57. The van der Waals surface area contributed by atoms with Crippen LogP contribution in [-0.2, 0) is 0 Å². The van der Waals surface area contributed by atoms with Gasteiger partial charge < -0.3 is 0 Å². The van der Waals surface area contributed by atoms with Crippen LogP contribution in [0.15, 0.2) is 76.4 Å². The second kappa shape index (κ2) is 9.46. The predicted octanol–water partition coefficient (Wildman–Crippen LogP) is 6.22. The minimum absolute atomic E-state index is 1.06. The highest BCUT2D eigenvalue weighted by Gasteiger charge is 2.03. The lowest BCUT2D eigenvalue weighted by Crippen LogP contribution is -1.85. The number of hydrogen-bond donors (Lipinski definition) is 0. The molecule has 2 aromatic rings. The molecule has 0 N–H and O–H groups in total. The lowest BCUT2D eigenvalue weighted by Gasteiger charge is -2.04. The summed E-state index contributed by atoms with van der Waals surface area (Å²) in [5.74, 6) is 2.12. The molecule has 0 fully saturated rings. The van der Waals surface area contributed by atoms with E-state index in [2.05, 4.69) is 73.8 Å². The molecule has 0 heterocycles. The molecular weight excluding hydrogens is 304 g/mol. The average molecular weight is 325 g/mol. The molecule has 2 aromatic carbocycles. The monoisotopic (exact) mass is 324 g/mol. The first-order valence-electron chi connectivity index (χ1n) is 7.47. The molecule has 0 saturated heterocycles. The molecule has 0 nitrogen and oxygen atoms in total. The van der Waals surface area contributed by atoms with Crippen molar-refractivity contribution in [2.45, 2.75) is 13.8 Å². The SMILES string of the molecule is CCSC(=C=C=C(c1ccccc1)c1ccccc1)SCC. The van der Waals surface area contributed by atoms with Crippen LogP contribution in [0, 0.1) is 0 Å². The quantitative estimate of drug-likeness (QED) is 0.578. The lowest BCUT2D eigenvalue weighted by molar-refractivity contribution is 1.53. The smallest absolute Gasteiger partial charge is 0.0908 e. The van der Waals surface area contributed by atoms with E-state index in [0.717, 1.165) is 17.1 Å². The highest BCUT2D eigenvalue weighted by Crippen LogP contribution is 2.27. The predicted molar refractivity (Wildman–Crippen MR) is 102 cm³/mol. The zero-order valence-corrected chi connectivity index (χ0v) is 14.6. The van der Waals surface area contributed by atoms with E-state index in [1.165, 1.54) is 15.4 Å². The van der Waals surface area contributed by atoms with Crippen LogP contribution >= 0.6 is 23.5 Å². The maximum Gasteiger partial charge on any atom is 0.0908 e. The molecule has 0 spiro atoms. The molecule has 0 saturated carbocycles. The molecule has 0 unspecified atom stereocenters. The van der Waals surface area contributed by atoms with Gasteiger partial charge in [0.25, 0.3) is 0 Å². The number of rotatable bonds is 6. The Morgan fingerprint density at radius 3 is 1.59 bits per heavy atom. The summed E-state index contributed by atoms with van der Waals surface area (Å²) in [5, 5.41) is 0. The van der Waals surface area contributed by atoms with Gasteiger partial charge in [-0.15, -0.1) is 23.5 Å². The van der Waals surface area contributed by atoms with Gasteiger partial charge >= 0.3 is 0 Å². The van der Waals surface area contributed by atoms with Crippen LogP contribution in [0.25, 0.3) is 5.57 Å². The number of hydrogen-bond acceptors (Lipinski definition) is 2. The summed E-state index contributed by atoms with van der Waals surface area (Å²) in [6.07, 6.45) is 0. The molecule has 0 radical (unpaired) electrons. The maximum absolute atomic E-state index is 3.41. The van der Waals surface area contributed by atoms with Crippen LogP contribution in [0.1, 0.15) is 25.0 Å². The molecule has 0 atom stereocenters. The molecule has 0 bridgehead atoms. The third kappa shape index (κ3) is 5.02. The highest BCUT2D eigenvalue weighted by atomic mass is 32.2. The fourth-order valence-electron chi connectivity index (χ4n) is 2.01. The second-order valence-electron chi connectivity index (χ2n) is 4.51. The minimum atomic E-state index is 1.06. The number of benzene rings is 2. The van der Waals surface area contributed by atoms with Crippen molar-refractivity contribution >= 4 is 29.1 Å². The third-order valence-corrected chi connectivity index (χ3v) is 4.98. The van der Waals surface area contributed by atoms with Gasteiger partial charge in [-0.05, 0) is 28.4 Å². The van der Waals surface area contributed by atoms with E-state index in [0.29, 0.717) is 0 Å². The van der Waals surface area contributed by atoms with Crippen LogP contribution in [0.5, 0.6) is 0 Å². The summed E-state index contributed by atoms with van der Waals surface area (Å²) < 4.78 is 1.20. The van der Waals surface area contributed by atoms with Gasteiger partial charge in [-0.1, -0.05) is 80.2 Å². The van der Waals surface area contributed by atoms with Crippen LogP contribution in [0.4, 0.5) is 0 Å². The van der Waals surface area contributed by atoms with Gasteiger partial charge in [0, 0.05) is 5.57 Å². The summed E-state index contributed by atoms with van der Waals surface area (Å²) in [6.45, 7) is 4.34. The fraction of sp³-hybridized carbons (Fsp3) is 0.200. The lowest BCUT2D eigenvalue weighted by atomic mass is 9.99. The summed E-state index contributed by atoms with van der Waals surface area (Å²) in [5.41, 5.74) is 10.2. The Bertz CT molecular complexity index is 625. The fourth-order valence-corrected chi connectivity index (χ4v) is 3.82. The first kappa shape index (κ1) is 16.8. The van der Waals surface area contributed by atoms with Crippen molar-refractivity contribution < 1.29 is 0 Å². The Labute approximate surface area is 142 Å². The largest absolute Gasteiger partial charge is 0.111 e. The van der Waals surface area contributed by atoms with Gasteiger partial charge in [-0.2, -0.15) is 0 Å². The molecule has 0 amide bonds. The normalized spacial score (nSPS) is 9.73. The summed E-state index contributed by atoms with van der Waals surface area (Å²) in [4.78, 5) is 0. The van der Waals surface area contributed by atoms with E-state index in [4.69, 9.17) is 0 Å². The van der Waals surface area contributed by atoms with Gasteiger partial charge in [0.15, 0.2) is 0 Å². The van der Waals surface area contributed by atoms with Crippen LogP contribution < -0.4 is 0 Å². The van der Waals surface area contributed by atoms with Crippen molar-refractivity contribution in [3.63, 3.8) is 0 Å². The second-order valence-corrected chi connectivity index (χ2v) is 7.32. The van der Waals surface area contributed by atoms with E-state index in [1.807, 2.05) is 35.7 Å². The Hall–Kier alpha value is -1.56. The van der Waals surface area contributed by atoms with Gasteiger partial charge in [-0.25, -0.2) is 0 Å². The van der Waals surface area contributed by atoms with Crippen molar-refractivity contribution in [2.75, 3.05) is 11.5 Å². The van der Waals surface area contributed by atoms with Crippen LogP contribution in [0.3, 0.4) is 0 Å². The van der Waals surface area contributed by atoms with E-state index >= 15 is 0 Å². The molecule has 0 aromatic heterocycles. The molecule has 0 aliphatic rings. The van der Waals surface area contributed by atoms with Crippen molar-refractivity contribution in [3.05, 3.63) is 87.5 Å². The number of thioether (sulfide) groups is 2. The van der Waals surface area contributed by atoms with Gasteiger partial charge in [0.05, 0.1) is 4.24 Å². The Morgan fingerprint density at radius 2 is 1.18 bits per heavy atom. The minimum Gasteiger partial charge on any atom is -0.111 e. The first-order valence-corrected chi connectivity index (χ1v) is 9.44. The molecule has 0 aliphatic heterocycles. The van der Waals surface area contributed by atoms with Gasteiger partial charge in [0.1, 0.15) is 0 Å². The Balaban J connectivity index is 2.58. The van der Waals surface area contributed by atoms with Crippen molar-refractivity contribution in [3.8, 4) is 0 Å². The summed E-state index contributed by atoms with van der Waals surface area (Å²) in [7, 11) is 0. The van der Waals surface area contributed by atoms with Gasteiger partial charge in [-0.3, -0.25) is 0 Å². The van der Waals surface area contributed by atoms with Crippen LogP contribution in [-0.4, -0.2) is 11.5 Å². The molecule has 22 heavy (non-hydrogen) atoms. The van der Waals surface area contributed by atoms with Crippen molar-refractivity contribution in [1.29, 1.82) is 0 Å². The summed E-state index contributed by atoms with van der Waals surface area (Å²) >= 11 is 3.65. The van der Waals surface area contributed by atoms with E-state index in [-0.39, 0.29) is 0 Å². The summed E-state index contributed by atoms with van der Waals surface area (Å²) in [6, 6.07) is 20.8. The molecule has 0 aliphatic carbocycles. The van der Waals surface area contributed by atoms with E-state index in [1.54, 1.807) is 0 Å². The van der Waals surface area contributed by atoms with Crippen molar-refractivity contribution in [2.24, 2.45) is 0 Å². The standard InChI is InChI=1S/C20H20S2/c1-3-21-20(22-4-2)16-15-19(17-11-7-5-8-12-17)18-13-9-6-10-14-18/h5-14H,3-4H2,1-2H3. The Kier molecular flexibility index (Phi) is 7.22. The zero-order valence-electron chi connectivity index (χ0n) is 13.0. The maximum atomic E-state index is 3.41.